The number of nitro benzene ring substituents is 1. The first-order valence-electron chi connectivity index (χ1n) is 8.20. The molecule has 8 nitrogen and oxygen atoms in total. The molecule has 0 aliphatic heterocycles. The van der Waals surface area contributed by atoms with Crippen LogP contribution < -0.4 is 14.8 Å². The fourth-order valence-electron chi connectivity index (χ4n) is 1.90. The Bertz CT molecular complexity index is 652. The largest absolute Gasteiger partial charge is 0.490 e. The lowest BCUT2D eigenvalue weighted by molar-refractivity contribution is -0.384. The lowest BCUT2D eigenvalue weighted by Gasteiger charge is -2.14. The number of hydrogen-bond donors (Lipinski definition) is 1. The quantitative estimate of drug-likeness (QED) is 0.454. The van der Waals surface area contributed by atoms with Gasteiger partial charge in [0.2, 0.25) is 0 Å². The summed E-state index contributed by atoms with van der Waals surface area (Å²) >= 11 is 0. The lowest BCUT2D eigenvalue weighted by atomic mass is 10.2. The van der Waals surface area contributed by atoms with Gasteiger partial charge in [-0.3, -0.25) is 14.9 Å². The molecule has 11 heteroatoms. The van der Waals surface area contributed by atoms with Gasteiger partial charge in [0.15, 0.2) is 11.5 Å². The molecule has 1 rings (SSSR count). The summed E-state index contributed by atoms with van der Waals surface area (Å²) in [6.07, 6.45) is -3.25. The number of nitrogens with one attached hydrogen (secondary N) is 1. The molecule has 0 unspecified atom stereocenters. The van der Waals surface area contributed by atoms with Gasteiger partial charge in [0.1, 0.15) is 18.9 Å². The Hall–Kier alpha value is -2.56. The van der Waals surface area contributed by atoms with Crippen LogP contribution in [0.4, 0.5) is 24.5 Å². The SMILES string of the molecule is CCCOc1cc(NC(=O)COCC(F)(F)F)c([N+](=O)[O-])cc1OCCC. The molecule has 0 bridgehead atoms. The Balaban J connectivity index is 3.01. The van der Waals surface area contributed by atoms with Gasteiger partial charge in [-0.1, -0.05) is 13.8 Å². The minimum absolute atomic E-state index is 0.142. The van der Waals surface area contributed by atoms with Gasteiger partial charge in [0, 0.05) is 6.07 Å². The summed E-state index contributed by atoms with van der Waals surface area (Å²) in [5.41, 5.74) is -0.704. The minimum atomic E-state index is -4.58. The number of alkyl halides is 3. The number of nitro groups is 1. The number of carbonyl (C=O) groups excluding carboxylic acids is 1. The molecule has 0 fully saturated rings. The molecule has 0 atom stereocenters. The molecule has 1 aromatic carbocycles. The highest BCUT2D eigenvalue weighted by Crippen LogP contribution is 2.38. The molecule has 0 aromatic heterocycles. The van der Waals surface area contributed by atoms with Crippen molar-refractivity contribution in [3.8, 4) is 11.5 Å². The highest BCUT2D eigenvalue weighted by molar-refractivity contribution is 5.94. The fourth-order valence-corrected chi connectivity index (χ4v) is 1.90. The van der Waals surface area contributed by atoms with E-state index in [1.165, 1.54) is 6.07 Å². The Morgan fingerprint density at radius 1 is 1.15 bits per heavy atom. The van der Waals surface area contributed by atoms with Crippen molar-refractivity contribution in [2.75, 3.05) is 31.7 Å². The molecule has 152 valence electrons. The number of ether oxygens (including phenoxy) is 3. The highest BCUT2D eigenvalue weighted by atomic mass is 19.4. The van der Waals surface area contributed by atoms with Gasteiger partial charge in [-0.05, 0) is 12.8 Å². The van der Waals surface area contributed by atoms with Crippen LogP contribution in [0.3, 0.4) is 0 Å². The molecule has 0 radical (unpaired) electrons. The summed E-state index contributed by atoms with van der Waals surface area (Å²) in [5.74, 6) is -0.642. The van der Waals surface area contributed by atoms with Gasteiger partial charge in [-0.15, -0.1) is 0 Å². The zero-order valence-corrected chi connectivity index (χ0v) is 14.9. The van der Waals surface area contributed by atoms with Gasteiger partial charge >= 0.3 is 6.18 Å². The summed E-state index contributed by atoms with van der Waals surface area (Å²) in [4.78, 5) is 22.3. The first-order valence-corrected chi connectivity index (χ1v) is 8.20. The van der Waals surface area contributed by atoms with Gasteiger partial charge in [0.25, 0.3) is 11.6 Å². The summed E-state index contributed by atoms with van der Waals surface area (Å²) in [6, 6.07) is 2.31. The third kappa shape index (κ3) is 8.11. The maximum absolute atomic E-state index is 12.0. The Kier molecular flexibility index (Phi) is 8.79. The Morgan fingerprint density at radius 3 is 2.19 bits per heavy atom. The number of amides is 1. The molecular weight excluding hydrogens is 373 g/mol. The van der Waals surface area contributed by atoms with Crippen LogP contribution in [-0.4, -0.2) is 43.4 Å². The van der Waals surface area contributed by atoms with Crippen LogP contribution in [0.2, 0.25) is 0 Å². The van der Waals surface area contributed by atoms with Crippen LogP contribution in [0.5, 0.6) is 11.5 Å². The van der Waals surface area contributed by atoms with E-state index in [9.17, 15) is 28.1 Å². The smallest absolute Gasteiger partial charge is 0.411 e. The average Bonchev–Trinajstić information content (AvgIpc) is 2.57. The number of halogens is 3. The van der Waals surface area contributed by atoms with Gasteiger partial charge in [-0.2, -0.15) is 13.2 Å². The maximum atomic E-state index is 12.0. The van der Waals surface area contributed by atoms with Crippen LogP contribution in [0.25, 0.3) is 0 Å². The Morgan fingerprint density at radius 2 is 1.70 bits per heavy atom. The molecule has 1 aromatic rings. The summed E-state index contributed by atoms with van der Waals surface area (Å²) < 4.78 is 51.3. The number of benzene rings is 1. The lowest BCUT2D eigenvalue weighted by Crippen LogP contribution is -2.24. The van der Waals surface area contributed by atoms with E-state index < -0.39 is 35.9 Å². The molecular formula is C16H21F3N2O6. The summed E-state index contributed by atoms with van der Waals surface area (Å²) in [7, 11) is 0. The van der Waals surface area contributed by atoms with E-state index in [0.29, 0.717) is 26.1 Å². The second-order valence-corrected chi connectivity index (χ2v) is 5.43. The monoisotopic (exact) mass is 394 g/mol. The van der Waals surface area contributed by atoms with Gasteiger partial charge in [-0.25, -0.2) is 0 Å². The molecule has 0 saturated carbocycles. The van der Waals surface area contributed by atoms with Crippen molar-refractivity contribution in [1.29, 1.82) is 0 Å². The summed E-state index contributed by atoms with van der Waals surface area (Å²) in [6.45, 7) is 1.82. The molecule has 27 heavy (non-hydrogen) atoms. The highest BCUT2D eigenvalue weighted by Gasteiger charge is 2.28. The summed E-state index contributed by atoms with van der Waals surface area (Å²) in [5, 5.41) is 13.4. The first-order chi connectivity index (χ1) is 12.7. The second kappa shape index (κ2) is 10.6. The molecule has 0 aliphatic carbocycles. The molecule has 0 spiro atoms. The topological polar surface area (TPSA) is 99.9 Å². The average molecular weight is 394 g/mol. The molecule has 0 heterocycles. The van der Waals surface area contributed by atoms with Crippen molar-refractivity contribution in [3.63, 3.8) is 0 Å². The van der Waals surface area contributed by atoms with E-state index in [4.69, 9.17) is 9.47 Å². The second-order valence-electron chi connectivity index (χ2n) is 5.43. The number of hydrogen-bond acceptors (Lipinski definition) is 6. The minimum Gasteiger partial charge on any atom is -0.490 e. The van der Waals surface area contributed by atoms with E-state index in [1.54, 1.807) is 0 Å². The normalized spacial score (nSPS) is 11.1. The third-order valence-corrected chi connectivity index (χ3v) is 2.96. The van der Waals surface area contributed by atoms with E-state index >= 15 is 0 Å². The van der Waals surface area contributed by atoms with Gasteiger partial charge < -0.3 is 19.5 Å². The van der Waals surface area contributed by atoms with Crippen LogP contribution >= 0.6 is 0 Å². The zero-order chi connectivity index (χ0) is 20.4. The predicted molar refractivity (Wildman–Crippen MR) is 90.2 cm³/mol. The van der Waals surface area contributed by atoms with Crippen molar-refractivity contribution in [2.45, 2.75) is 32.9 Å². The number of anilines is 1. The predicted octanol–water partition coefficient (Wildman–Crippen LogP) is 3.69. The van der Waals surface area contributed by atoms with Crippen molar-refractivity contribution >= 4 is 17.3 Å². The van der Waals surface area contributed by atoms with E-state index in [2.05, 4.69) is 10.1 Å². The molecule has 1 N–H and O–H groups in total. The van der Waals surface area contributed by atoms with Crippen molar-refractivity contribution in [2.24, 2.45) is 0 Å². The van der Waals surface area contributed by atoms with Crippen molar-refractivity contribution in [3.05, 3.63) is 22.2 Å². The zero-order valence-electron chi connectivity index (χ0n) is 14.9. The first kappa shape index (κ1) is 22.5. The molecule has 0 saturated heterocycles. The number of rotatable bonds is 11. The number of carbonyl (C=O) groups is 1. The van der Waals surface area contributed by atoms with Crippen molar-refractivity contribution in [1.82, 2.24) is 0 Å². The Labute approximate surface area is 153 Å². The third-order valence-electron chi connectivity index (χ3n) is 2.96. The van der Waals surface area contributed by atoms with Crippen molar-refractivity contribution < 1.29 is 37.1 Å². The standard InChI is InChI=1S/C16H21F3N2O6/c1-3-5-26-13-7-11(20-15(22)9-25-10-16(17,18)19)12(21(23)24)8-14(13)27-6-4-2/h7-8H,3-6,9-10H2,1-2H3,(H,20,22). The van der Waals surface area contributed by atoms with Crippen LogP contribution in [0.1, 0.15) is 26.7 Å². The maximum Gasteiger partial charge on any atom is 0.411 e. The van der Waals surface area contributed by atoms with Crippen LogP contribution in [-0.2, 0) is 9.53 Å². The number of nitrogens with zero attached hydrogens (tertiary/aromatic N) is 1. The van der Waals surface area contributed by atoms with Gasteiger partial charge in [0.05, 0.1) is 24.2 Å². The van der Waals surface area contributed by atoms with Crippen LogP contribution in [0, 0.1) is 10.1 Å². The fraction of sp³-hybridized carbons (Fsp3) is 0.562. The molecule has 1 amide bonds. The van der Waals surface area contributed by atoms with E-state index in [1.807, 2.05) is 13.8 Å². The van der Waals surface area contributed by atoms with Crippen LogP contribution in [0.15, 0.2) is 12.1 Å². The molecule has 0 aliphatic rings. The van der Waals surface area contributed by atoms with E-state index in [-0.39, 0.29) is 17.2 Å². The van der Waals surface area contributed by atoms with E-state index in [0.717, 1.165) is 6.07 Å².